The molecular formula is C11H13NO5S. The lowest BCUT2D eigenvalue weighted by Gasteiger charge is -2.38. The van der Waals surface area contributed by atoms with E-state index in [1.807, 2.05) is 0 Å². The molecule has 2 fully saturated rings. The molecule has 0 aromatic rings. The van der Waals surface area contributed by atoms with Gasteiger partial charge >= 0.3 is 5.97 Å². The molecule has 2 aliphatic heterocycles. The van der Waals surface area contributed by atoms with Crippen molar-refractivity contribution in [2.75, 3.05) is 0 Å². The first kappa shape index (κ1) is 12.9. The van der Waals surface area contributed by atoms with Crippen LogP contribution in [0.25, 0.3) is 0 Å². The molecule has 6 nitrogen and oxygen atoms in total. The summed E-state index contributed by atoms with van der Waals surface area (Å²) in [5, 5.41) is 8.39. The molecule has 18 heavy (non-hydrogen) atoms. The van der Waals surface area contributed by atoms with Gasteiger partial charge in [0.15, 0.2) is 5.78 Å². The molecule has 2 aliphatic rings. The average Bonchev–Trinajstić information content (AvgIpc) is 2.42. The molecule has 98 valence electrons. The third-order valence-electron chi connectivity index (χ3n) is 3.25. The van der Waals surface area contributed by atoms with E-state index in [9.17, 15) is 18.6 Å². The summed E-state index contributed by atoms with van der Waals surface area (Å²) in [4.78, 5) is 35.2. The Bertz CT molecular complexity index is 522. The molecule has 0 radical (unpaired) electrons. The van der Waals surface area contributed by atoms with E-state index in [0.29, 0.717) is 0 Å². The smallest absolute Gasteiger partial charge is 0.328 e. The molecule has 1 unspecified atom stereocenters. The Morgan fingerprint density at radius 2 is 2.00 bits per heavy atom. The first-order chi connectivity index (χ1) is 8.19. The Labute approximate surface area is 106 Å². The minimum Gasteiger partial charge on any atom is -0.480 e. The molecule has 1 N–H and O–H groups in total. The van der Waals surface area contributed by atoms with Crippen LogP contribution in [-0.4, -0.2) is 48.0 Å². The van der Waals surface area contributed by atoms with Crippen LogP contribution in [0.3, 0.4) is 0 Å². The molecule has 0 spiro atoms. The van der Waals surface area contributed by atoms with E-state index in [4.69, 9.17) is 5.11 Å². The number of ketones is 1. The van der Waals surface area contributed by atoms with Gasteiger partial charge in [0.25, 0.3) is 5.91 Å². The number of allylic oxidation sites excluding steroid dienone is 1. The molecule has 0 aromatic carbocycles. The summed E-state index contributed by atoms with van der Waals surface area (Å²) in [6.07, 6.45) is 1.14. The highest BCUT2D eigenvalue weighted by Gasteiger charge is 2.65. The summed E-state index contributed by atoms with van der Waals surface area (Å²) in [6, 6.07) is -1.11. The maximum atomic E-state index is 12.2. The number of β-lactam (4-membered cyclic amide) rings is 1. The van der Waals surface area contributed by atoms with E-state index >= 15 is 0 Å². The van der Waals surface area contributed by atoms with Crippen LogP contribution >= 0.6 is 0 Å². The van der Waals surface area contributed by atoms with Crippen molar-refractivity contribution in [2.45, 2.75) is 36.9 Å². The standard InChI is InChI=1S/C11H13NO5S/c1-5(13)4-6-8(14)12-7(10(15)16)11(2,3)18(17)9(6)12/h4,7,9H,1-3H3,(H,15,16)/t7-,9+,18?/m0/s1. The van der Waals surface area contributed by atoms with Crippen molar-refractivity contribution in [3.05, 3.63) is 11.6 Å². The van der Waals surface area contributed by atoms with Crippen molar-refractivity contribution in [3.8, 4) is 0 Å². The third-order valence-corrected chi connectivity index (χ3v) is 5.40. The molecule has 2 saturated heterocycles. The van der Waals surface area contributed by atoms with Crippen molar-refractivity contribution in [2.24, 2.45) is 0 Å². The van der Waals surface area contributed by atoms with Crippen LogP contribution in [0.5, 0.6) is 0 Å². The van der Waals surface area contributed by atoms with Gasteiger partial charge < -0.3 is 10.0 Å². The van der Waals surface area contributed by atoms with Crippen LogP contribution in [0.2, 0.25) is 0 Å². The fourth-order valence-corrected chi connectivity index (χ4v) is 4.25. The van der Waals surface area contributed by atoms with Gasteiger partial charge in [0.2, 0.25) is 0 Å². The van der Waals surface area contributed by atoms with Crippen molar-refractivity contribution in [1.82, 2.24) is 4.90 Å². The number of hydrogen-bond donors (Lipinski definition) is 1. The van der Waals surface area contributed by atoms with Crippen molar-refractivity contribution in [3.63, 3.8) is 0 Å². The van der Waals surface area contributed by atoms with Gasteiger partial charge in [-0.15, -0.1) is 0 Å². The summed E-state index contributed by atoms with van der Waals surface area (Å²) in [7, 11) is -1.54. The molecule has 2 rings (SSSR count). The molecule has 0 aliphatic carbocycles. The van der Waals surface area contributed by atoms with Gasteiger partial charge in [0, 0.05) is 0 Å². The van der Waals surface area contributed by atoms with Gasteiger partial charge in [0.05, 0.1) is 21.1 Å². The zero-order valence-electron chi connectivity index (χ0n) is 10.2. The molecule has 3 atom stereocenters. The number of fused-ring (bicyclic) bond motifs is 1. The second-order valence-electron chi connectivity index (χ2n) is 4.92. The van der Waals surface area contributed by atoms with Gasteiger partial charge in [-0.1, -0.05) is 0 Å². The molecule has 0 bridgehead atoms. The maximum absolute atomic E-state index is 12.2. The number of carbonyl (C=O) groups is 3. The number of amides is 1. The monoisotopic (exact) mass is 271 g/mol. The second-order valence-corrected chi connectivity index (χ2v) is 7.01. The minimum absolute atomic E-state index is 0.151. The van der Waals surface area contributed by atoms with Crippen molar-refractivity contribution >= 4 is 28.5 Å². The Hall–Kier alpha value is -1.50. The van der Waals surface area contributed by atoms with Gasteiger partial charge in [-0.2, -0.15) is 0 Å². The van der Waals surface area contributed by atoms with Crippen molar-refractivity contribution in [1.29, 1.82) is 0 Å². The maximum Gasteiger partial charge on any atom is 0.328 e. The Morgan fingerprint density at radius 3 is 2.44 bits per heavy atom. The van der Waals surface area contributed by atoms with E-state index in [-0.39, 0.29) is 11.4 Å². The minimum atomic E-state index is -1.54. The average molecular weight is 271 g/mol. The predicted octanol–water partition coefficient (Wildman–Crippen LogP) is -0.336. The van der Waals surface area contributed by atoms with Gasteiger partial charge in [-0.05, 0) is 26.8 Å². The number of carboxylic acid groups (broad SMARTS) is 1. The highest BCUT2D eigenvalue weighted by atomic mass is 32.2. The highest BCUT2D eigenvalue weighted by molar-refractivity contribution is 7.87. The zero-order valence-corrected chi connectivity index (χ0v) is 11.0. The molecule has 2 heterocycles. The quantitative estimate of drug-likeness (QED) is 0.548. The van der Waals surface area contributed by atoms with Crippen LogP contribution in [0.1, 0.15) is 20.8 Å². The molecular weight excluding hydrogens is 258 g/mol. The lowest BCUT2D eigenvalue weighted by molar-refractivity contribution is -0.152. The van der Waals surface area contributed by atoms with E-state index in [1.165, 1.54) is 6.92 Å². The largest absolute Gasteiger partial charge is 0.480 e. The summed E-state index contributed by atoms with van der Waals surface area (Å²) in [5.41, 5.74) is 0.151. The molecule has 0 aromatic heterocycles. The molecule has 1 amide bonds. The summed E-state index contributed by atoms with van der Waals surface area (Å²) >= 11 is 0. The van der Waals surface area contributed by atoms with E-state index < -0.39 is 38.8 Å². The van der Waals surface area contributed by atoms with E-state index in [0.717, 1.165) is 11.0 Å². The number of aliphatic carboxylic acids is 1. The Balaban J connectivity index is 2.47. The number of hydrogen-bond acceptors (Lipinski definition) is 4. The third kappa shape index (κ3) is 1.46. The van der Waals surface area contributed by atoms with E-state index in [2.05, 4.69) is 0 Å². The van der Waals surface area contributed by atoms with Gasteiger partial charge in [-0.25, -0.2) is 4.79 Å². The normalized spacial score (nSPS) is 35.3. The van der Waals surface area contributed by atoms with E-state index in [1.54, 1.807) is 13.8 Å². The Morgan fingerprint density at radius 1 is 1.44 bits per heavy atom. The van der Waals surface area contributed by atoms with Crippen LogP contribution in [-0.2, 0) is 25.2 Å². The fraction of sp³-hybridized carbons (Fsp3) is 0.545. The predicted molar refractivity (Wildman–Crippen MR) is 63.0 cm³/mol. The van der Waals surface area contributed by atoms with Gasteiger partial charge in [-0.3, -0.25) is 13.8 Å². The number of rotatable bonds is 2. The SMILES string of the molecule is CC(=O)C=C1C(=O)N2[C@@H]1S(=O)C(C)(C)[C@@H]2C(=O)O. The Kier molecular flexibility index (Phi) is 2.69. The fourth-order valence-electron chi connectivity index (χ4n) is 2.42. The topological polar surface area (TPSA) is 91.8 Å². The van der Waals surface area contributed by atoms with Crippen molar-refractivity contribution < 1.29 is 23.7 Å². The number of carbonyl (C=O) groups excluding carboxylic acids is 2. The molecule has 0 saturated carbocycles. The first-order valence-corrected chi connectivity index (χ1v) is 6.59. The summed E-state index contributed by atoms with van der Waals surface area (Å²) < 4.78 is 11.2. The first-order valence-electron chi connectivity index (χ1n) is 5.38. The zero-order chi connectivity index (χ0) is 13.8. The van der Waals surface area contributed by atoms with Crippen LogP contribution in [0, 0.1) is 0 Å². The second kappa shape index (κ2) is 3.74. The summed E-state index contributed by atoms with van der Waals surface area (Å²) in [6.45, 7) is 4.40. The van der Waals surface area contributed by atoms with Crippen LogP contribution < -0.4 is 0 Å². The highest BCUT2D eigenvalue weighted by Crippen LogP contribution is 2.45. The van der Waals surface area contributed by atoms with Gasteiger partial charge in [0.1, 0.15) is 11.4 Å². The van der Waals surface area contributed by atoms with Crippen LogP contribution in [0.4, 0.5) is 0 Å². The lowest BCUT2D eigenvalue weighted by atomic mass is 9.95. The lowest BCUT2D eigenvalue weighted by Crippen LogP contribution is -2.58. The number of nitrogens with zero attached hydrogens (tertiary/aromatic N) is 1. The number of carboxylic acids is 1. The van der Waals surface area contributed by atoms with Crippen LogP contribution in [0.15, 0.2) is 11.6 Å². The summed E-state index contributed by atoms with van der Waals surface area (Å²) in [5.74, 6) is -2.00. The molecule has 7 heteroatoms.